The van der Waals surface area contributed by atoms with Crippen LogP contribution in [0.4, 0.5) is 5.82 Å². The molecule has 1 aromatic carbocycles. The van der Waals surface area contributed by atoms with Crippen molar-refractivity contribution >= 4 is 35.8 Å². The van der Waals surface area contributed by atoms with Crippen molar-refractivity contribution in [3.05, 3.63) is 60.3 Å². The molecule has 1 aliphatic carbocycles. The van der Waals surface area contributed by atoms with Gasteiger partial charge in [0.15, 0.2) is 5.96 Å². The van der Waals surface area contributed by atoms with Crippen LogP contribution in [0.5, 0.6) is 0 Å². The second-order valence-corrected chi connectivity index (χ2v) is 6.71. The Morgan fingerprint density at radius 2 is 1.77 bits per heavy atom. The second-order valence-electron chi connectivity index (χ2n) is 6.71. The van der Waals surface area contributed by atoms with E-state index in [1.807, 2.05) is 25.4 Å². The van der Waals surface area contributed by atoms with Crippen LogP contribution in [0.3, 0.4) is 0 Å². The van der Waals surface area contributed by atoms with E-state index in [1.165, 1.54) is 12.0 Å². The van der Waals surface area contributed by atoms with Crippen molar-refractivity contribution in [3.8, 4) is 0 Å². The molecule has 1 aromatic heterocycles. The molecule has 0 bridgehead atoms. The second kappa shape index (κ2) is 8.70. The van der Waals surface area contributed by atoms with Gasteiger partial charge in [0, 0.05) is 51.4 Å². The van der Waals surface area contributed by atoms with Crippen LogP contribution in [0.2, 0.25) is 0 Å². The van der Waals surface area contributed by atoms with Crippen molar-refractivity contribution < 1.29 is 0 Å². The first-order valence-corrected chi connectivity index (χ1v) is 9.04. The zero-order valence-electron chi connectivity index (χ0n) is 15.1. The maximum atomic E-state index is 4.52. The first-order valence-electron chi connectivity index (χ1n) is 9.04. The number of pyridine rings is 1. The van der Waals surface area contributed by atoms with Gasteiger partial charge < -0.3 is 15.1 Å². The normalized spacial score (nSPS) is 22.6. The molecular formula is C20H26IN5. The van der Waals surface area contributed by atoms with Crippen LogP contribution < -0.4 is 10.2 Å². The van der Waals surface area contributed by atoms with E-state index in [4.69, 9.17) is 0 Å². The molecule has 1 saturated heterocycles. The predicted molar refractivity (Wildman–Crippen MR) is 118 cm³/mol. The third-order valence-electron chi connectivity index (χ3n) is 5.10. The number of hydrogen-bond acceptors (Lipinski definition) is 3. The number of aromatic nitrogens is 1. The predicted octanol–water partition coefficient (Wildman–Crippen LogP) is 2.95. The molecule has 6 heteroatoms. The first-order chi connectivity index (χ1) is 12.3. The lowest BCUT2D eigenvalue weighted by Gasteiger charge is -2.37. The number of nitrogens with one attached hydrogen (secondary N) is 1. The highest BCUT2D eigenvalue weighted by Crippen LogP contribution is 2.40. The van der Waals surface area contributed by atoms with Gasteiger partial charge in [0.1, 0.15) is 5.82 Å². The minimum absolute atomic E-state index is 0. The van der Waals surface area contributed by atoms with Gasteiger partial charge in [-0.25, -0.2) is 4.98 Å². The van der Waals surface area contributed by atoms with E-state index in [-0.39, 0.29) is 24.0 Å². The summed E-state index contributed by atoms with van der Waals surface area (Å²) in [6.07, 6.45) is 3.05. The Morgan fingerprint density at radius 3 is 2.42 bits per heavy atom. The van der Waals surface area contributed by atoms with Gasteiger partial charge in [0.05, 0.1) is 0 Å². The minimum Gasteiger partial charge on any atom is -0.353 e. The van der Waals surface area contributed by atoms with Crippen LogP contribution in [0.1, 0.15) is 17.9 Å². The van der Waals surface area contributed by atoms with Crippen molar-refractivity contribution in [1.29, 1.82) is 0 Å². The summed E-state index contributed by atoms with van der Waals surface area (Å²) in [4.78, 5) is 13.7. The fraction of sp³-hybridized carbons (Fsp3) is 0.400. The Balaban J connectivity index is 0.00000196. The van der Waals surface area contributed by atoms with Crippen LogP contribution in [-0.2, 0) is 0 Å². The fourth-order valence-electron chi connectivity index (χ4n) is 3.57. The van der Waals surface area contributed by atoms with Crippen LogP contribution >= 0.6 is 24.0 Å². The topological polar surface area (TPSA) is 43.8 Å². The monoisotopic (exact) mass is 463 g/mol. The summed E-state index contributed by atoms with van der Waals surface area (Å²) in [7, 11) is 1.88. The van der Waals surface area contributed by atoms with Gasteiger partial charge in [-0.15, -0.1) is 24.0 Å². The molecular weight excluding hydrogens is 437 g/mol. The molecule has 1 N–H and O–H groups in total. The lowest BCUT2D eigenvalue weighted by molar-refractivity contribution is 0.371. The van der Waals surface area contributed by atoms with E-state index >= 15 is 0 Å². The molecule has 2 aromatic rings. The number of benzene rings is 1. The molecule has 1 aliphatic heterocycles. The zero-order chi connectivity index (χ0) is 17.1. The van der Waals surface area contributed by atoms with Crippen LogP contribution in [0, 0.1) is 0 Å². The molecule has 2 heterocycles. The highest BCUT2D eigenvalue weighted by molar-refractivity contribution is 14.0. The molecule has 138 valence electrons. The third-order valence-corrected chi connectivity index (χ3v) is 5.10. The average Bonchev–Trinajstić information content (AvgIpc) is 3.47. The summed E-state index contributed by atoms with van der Waals surface area (Å²) < 4.78 is 0. The number of nitrogens with zero attached hydrogens (tertiary/aromatic N) is 4. The highest BCUT2D eigenvalue weighted by atomic mass is 127. The van der Waals surface area contributed by atoms with Crippen molar-refractivity contribution in [2.45, 2.75) is 18.4 Å². The molecule has 2 aliphatic rings. The Bertz CT molecular complexity index is 713. The first kappa shape index (κ1) is 18.9. The number of guanidine groups is 1. The molecule has 2 fully saturated rings. The quantitative estimate of drug-likeness (QED) is 0.432. The molecule has 2 atom stereocenters. The summed E-state index contributed by atoms with van der Waals surface area (Å²) in [5.74, 6) is 2.72. The van der Waals surface area contributed by atoms with E-state index < -0.39 is 0 Å². The lowest BCUT2D eigenvalue weighted by Crippen LogP contribution is -2.53. The molecule has 0 amide bonds. The van der Waals surface area contributed by atoms with Crippen molar-refractivity contribution in [2.75, 3.05) is 38.1 Å². The van der Waals surface area contributed by atoms with Crippen molar-refractivity contribution in [2.24, 2.45) is 4.99 Å². The largest absolute Gasteiger partial charge is 0.353 e. The lowest BCUT2D eigenvalue weighted by atomic mass is 10.1. The van der Waals surface area contributed by atoms with Crippen molar-refractivity contribution in [1.82, 2.24) is 15.2 Å². The van der Waals surface area contributed by atoms with Crippen LogP contribution in [0.15, 0.2) is 59.7 Å². The summed E-state index contributed by atoms with van der Waals surface area (Å²) >= 11 is 0. The van der Waals surface area contributed by atoms with E-state index in [9.17, 15) is 0 Å². The minimum atomic E-state index is 0. The van der Waals surface area contributed by atoms with Crippen LogP contribution in [0.25, 0.3) is 0 Å². The molecule has 5 nitrogen and oxygen atoms in total. The number of rotatable bonds is 3. The number of anilines is 1. The van der Waals surface area contributed by atoms with E-state index in [2.05, 4.69) is 61.5 Å². The summed E-state index contributed by atoms with van der Waals surface area (Å²) in [5.41, 5.74) is 1.43. The summed E-state index contributed by atoms with van der Waals surface area (Å²) in [6.45, 7) is 3.90. The fourth-order valence-corrected chi connectivity index (χ4v) is 3.57. The maximum absolute atomic E-state index is 4.52. The highest BCUT2D eigenvalue weighted by Gasteiger charge is 2.39. The molecule has 0 radical (unpaired) electrons. The number of halogens is 1. The van der Waals surface area contributed by atoms with Crippen molar-refractivity contribution in [3.63, 3.8) is 0 Å². The maximum Gasteiger partial charge on any atom is 0.194 e. The third kappa shape index (κ3) is 4.28. The number of piperazine rings is 1. The molecule has 0 spiro atoms. The molecule has 4 rings (SSSR count). The average molecular weight is 463 g/mol. The SMILES string of the molecule is CN=C(NC1CC1c1ccccc1)N1CCN(c2ccccn2)CC1.I. The molecule has 1 saturated carbocycles. The van der Waals surface area contributed by atoms with Crippen LogP contribution in [-0.4, -0.2) is 55.1 Å². The Hall–Kier alpha value is -1.83. The van der Waals surface area contributed by atoms with Gasteiger partial charge in [0.2, 0.25) is 0 Å². The standard InChI is InChI=1S/C20H25N5.HI/c1-21-20(23-18-15-17(18)16-7-3-2-4-8-16)25-13-11-24(12-14-25)19-9-5-6-10-22-19;/h2-10,17-18H,11-15H2,1H3,(H,21,23);1H. The summed E-state index contributed by atoms with van der Waals surface area (Å²) in [6, 6.07) is 17.4. The zero-order valence-corrected chi connectivity index (χ0v) is 17.4. The molecule has 2 unspecified atom stereocenters. The van der Waals surface area contributed by atoms with Gasteiger partial charge in [-0.3, -0.25) is 4.99 Å². The van der Waals surface area contributed by atoms with Gasteiger partial charge in [-0.1, -0.05) is 36.4 Å². The Kier molecular flexibility index (Phi) is 6.34. The van der Waals surface area contributed by atoms with Gasteiger partial charge in [0.25, 0.3) is 0 Å². The summed E-state index contributed by atoms with van der Waals surface area (Å²) in [5, 5.41) is 3.66. The van der Waals surface area contributed by atoms with E-state index in [0.717, 1.165) is 38.0 Å². The Labute approximate surface area is 172 Å². The van der Waals surface area contributed by atoms with Gasteiger partial charge in [-0.2, -0.15) is 0 Å². The Morgan fingerprint density at radius 1 is 1.04 bits per heavy atom. The number of aliphatic imine (C=N–C) groups is 1. The number of hydrogen-bond donors (Lipinski definition) is 1. The smallest absolute Gasteiger partial charge is 0.194 e. The van der Waals surface area contributed by atoms with Gasteiger partial charge >= 0.3 is 0 Å². The molecule has 26 heavy (non-hydrogen) atoms. The van der Waals surface area contributed by atoms with Gasteiger partial charge in [-0.05, 0) is 24.1 Å². The van der Waals surface area contributed by atoms with E-state index in [1.54, 1.807) is 0 Å². The van der Waals surface area contributed by atoms with E-state index in [0.29, 0.717) is 12.0 Å².